The highest BCUT2D eigenvalue weighted by Gasteiger charge is 2.54. The molecule has 0 saturated carbocycles. The van der Waals surface area contributed by atoms with Crippen LogP contribution in [0.4, 0.5) is 0 Å². The quantitative estimate of drug-likeness (QED) is 0.504. The van der Waals surface area contributed by atoms with Crippen LogP contribution in [0.2, 0.25) is 0 Å². The van der Waals surface area contributed by atoms with Gasteiger partial charge < -0.3 is 18.9 Å². The molecule has 2 heterocycles. The number of esters is 1. The summed E-state index contributed by atoms with van der Waals surface area (Å²) in [5.74, 6) is 2.02. The van der Waals surface area contributed by atoms with Crippen molar-refractivity contribution in [1.82, 2.24) is 0 Å². The molecule has 1 fully saturated rings. The average molecular weight is 421 g/mol. The topological polar surface area (TPSA) is 54.0 Å². The Balaban J connectivity index is 1.40. The van der Waals surface area contributed by atoms with Gasteiger partial charge >= 0.3 is 5.97 Å². The summed E-state index contributed by atoms with van der Waals surface area (Å²) in [6.07, 6.45) is 2.27. The highest BCUT2D eigenvalue weighted by Crippen LogP contribution is 2.56. The lowest BCUT2D eigenvalue weighted by Crippen LogP contribution is -2.54. The number of hydrogen-bond acceptors (Lipinski definition) is 5. The van der Waals surface area contributed by atoms with E-state index in [1.165, 1.54) is 5.57 Å². The third-order valence-electron chi connectivity index (χ3n) is 7.46. The Morgan fingerprint density at radius 2 is 1.87 bits per heavy atom. The van der Waals surface area contributed by atoms with Crippen LogP contribution in [0.5, 0.6) is 11.5 Å². The van der Waals surface area contributed by atoms with Crippen molar-refractivity contribution in [3.05, 3.63) is 71.3 Å². The number of benzene rings is 2. The van der Waals surface area contributed by atoms with E-state index in [1.807, 2.05) is 30.3 Å². The average Bonchev–Trinajstić information content (AvgIpc) is 3.25. The maximum atomic E-state index is 12.6. The third kappa shape index (κ3) is 3.32. The van der Waals surface area contributed by atoms with E-state index in [0.717, 1.165) is 17.1 Å². The van der Waals surface area contributed by atoms with Crippen molar-refractivity contribution < 1.29 is 23.7 Å². The minimum absolute atomic E-state index is 0.0637. The van der Waals surface area contributed by atoms with Crippen molar-refractivity contribution in [2.24, 2.45) is 23.2 Å². The highest BCUT2D eigenvalue weighted by molar-refractivity contribution is 5.89. The molecule has 2 aromatic carbocycles. The van der Waals surface area contributed by atoms with Gasteiger partial charge in [0.05, 0.1) is 18.3 Å². The molecule has 0 amide bonds. The fraction of sp³-hybridized carbons (Fsp3) is 0.423. The van der Waals surface area contributed by atoms with Crippen LogP contribution in [0, 0.1) is 23.2 Å². The minimum atomic E-state index is -0.282. The number of allylic oxidation sites excluding steroid dienone is 1. The van der Waals surface area contributed by atoms with Crippen LogP contribution in [0.3, 0.4) is 0 Å². The standard InChI is InChI=1S/C26H28O5/c1-16-11-17(2)26(14-29-25(27)19-7-5-4-6-8-19)13-28-24(23(16)18(26)3)20-9-10-21-22(12-20)31-15-30-21/h4-12,17-18,23-24H,13-15H2,1-3H3/t17-,18-,23-,24+,26-/m0/s1. The smallest absolute Gasteiger partial charge is 0.338 e. The number of fused-ring (bicyclic) bond motifs is 3. The Morgan fingerprint density at radius 1 is 1.10 bits per heavy atom. The zero-order valence-corrected chi connectivity index (χ0v) is 18.2. The molecule has 0 unspecified atom stereocenters. The van der Waals surface area contributed by atoms with E-state index in [-0.39, 0.29) is 36.1 Å². The summed E-state index contributed by atoms with van der Waals surface area (Å²) in [4.78, 5) is 12.6. The van der Waals surface area contributed by atoms with Crippen LogP contribution in [0.1, 0.15) is 42.8 Å². The molecule has 2 aromatic rings. The van der Waals surface area contributed by atoms with Gasteiger partial charge in [-0.2, -0.15) is 0 Å². The second-order valence-electron chi connectivity index (χ2n) is 9.03. The van der Waals surface area contributed by atoms with E-state index in [0.29, 0.717) is 24.7 Å². The Morgan fingerprint density at radius 3 is 2.68 bits per heavy atom. The van der Waals surface area contributed by atoms with Gasteiger partial charge in [0.25, 0.3) is 0 Å². The van der Waals surface area contributed by atoms with E-state index < -0.39 is 0 Å². The summed E-state index contributed by atoms with van der Waals surface area (Å²) in [5.41, 5.74) is 2.75. The highest BCUT2D eigenvalue weighted by atomic mass is 16.7. The van der Waals surface area contributed by atoms with Gasteiger partial charge in [0.1, 0.15) is 6.61 Å². The zero-order valence-electron chi connectivity index (χ0n) is 18.2. The van der Waals surface area contributed by atoms with Crippen molar-refractivity contribution in [1.29, 1.82) is 0 Å². The summed E-state index contributed by atoms with van der Waals surface area (Å²) in [6.45, 7) is 7.81. The zero-order chi connectivity index (χ0) is 21.6. The Bertz CT molecular complexity index is 1010. The first-order valence-electron chi connectivity index (χ1n) is 10.9. The monoisotopic (exact) mass is 420 g/mol. The molecule has 2 aliphatic heterocycles. The lowest BCUT2D eigenvalue weighted by molar-refractivity contribution is -0.166. The van der Waals surface area contributed by atoms with Gasteiger partial charge in [-0.3, -0.25) is 0 Å². The first-order valence-corrected chi connectivity index (χ1v) is 10.9. The second kappa shape index (κ2) is 7.72. The van der Waals surface area contributed by atoms with Gasteiger partial charge in [0.2, 0.25) is 6.79 Å². The molecule has 0 radical (unpaired) electrons. The van der Waals surface area contributed by atoms with Crippen LogP contribution in [-0.4, -0.2) is 26.0 Å². The fourth-order valence-electron chi connectivity index (χ4n) is 5.51. The molecule has 0 N–H and O–H groups in total. The molecule has 5 atom stereocenters. The molecule has 0 aromatic heterocycles. The van der Waals surface area contributed by atoms with Gasteiger partial charge in [-0.05, 0) is 48.6 Å². The lowest BCUT2D eigenvalue weighted by atomic mass is 9.56. The fourth-order valence-corrected chi connectivity index (χ4v) is 5.51. The predicted molar refractivity (Wildman–Crippen MR) is 116 cm³/mol. The Kier molecular flexibility index (Phi) is 5.01. The van der Waals surface area contributed by atoms with Crippen molar-refractivity contribution in [3.8, 4) is 11.5 Å². The van der Waals surface area contributed by atoms with Gasteiger partial charge in [0.15, 0.2) is 11.5 Å². The Hall–Kier alpha value is -2.79. The molecule has 162 valence electrons. The van der Waals surface area contributed by atoms with Gasteiger partial charge in [-0.1, -0.05) is 49.8 Å². The normalized spacial score (nSPS) is 31.1. The van der Waals surface area contributed by atoms with Crippen molar-refractivity contribution in [3.63, 3.8) is 0 Å². The van der Waals surface area contributed by atoms with Crippen LogP contribution in [0.15, 0.2) is 60.2 Å². The molecule has 31 heavy (non-hydrogen) atoms. The largest absolute Gasteiger partial charge is 0.461 e. The molecule has 1 aliphatic carbocycles. The van der Waals surface area contributed by atoms with E-state index in [2.05, 4.69) is 32.9 Å². The maximum absolute atomic E-state index is 12.6. The lowest BCUT2D eigenvalue weighted by Gasteiger charge is -2.55. The summed E-state index contributed by atoms with van der Waals surface area (Å²) < 4.78 is 23.4. The first-order chi connectivity index (χ1) is 15.0. The SMILES string of the molecule is CC1=C[C@H](C)[C@@]2(COC(=O)c3ccccc3)CO[C@H](c3ccc4c(c3)OCO4)[C@@H]1[C@@H]2C. The van der Waals surface area contributed by atoms with Crippen molar-refractivity contribution in [2.75, 3.05) is 20.0 Å². The summed E-state index contributed by atoms with van der Waals surface area (Å²) >= 11 is 0. The van der Waals surface area contributed by atoms with E-state index in [9.17, 15) is 4.79 Å². The molecule has 2 bridgehead atoms. The van der Waals surface area contributed by atoms with E-state index in [1.54, 1.807) is 12.1 Å². The number of carbonyl (C=O) groups excluding carboxylic acids is 1. The molecule has 0 spiro atoms. The molecular formula is C26H28O5. The molecule has 1 saturated heterocycles. The predicted octanol–water partition coefficient (Wildman–Crippen LogP) is 5.18. The third-order valence-corrected chi connectivity index (χ3v) is 7.46. The second-order valence-corrected chi connectivity index (χ2v) is 9.03. The molecule has 5 nitrogen and oxygen atoms in total. The van der Waals surface area contributed by atoms with E-state index >= 15 is 0 Å². The number of rotatable bonds is 4. The Labute approximate surface area is 183 Å². The molecule has 3 aliphatic rings. The molecule has 5 rings (SSSR count). The van der Waals surface area contributed by atoms with E-state index in [4.69, 9.17) is 18.9 Å². The van der Waals surface area contributed by atoms with Crippen LogP contribution in [0.25, 0.3) is 0 Å². The van der Waals surface area contributed by atoms with Crippen LogP contribution >= 0.6 is 0 Å². The summed E-state index contributed by atoms with van der Waals surface area (Å²) in [5, 5.41) is 0. The number of hydrogen-bond donors (Lipinski definition) is 0. The van der Waals surface area contributed by atoms with Crippen LogP contribution in [-0.2, 0) is 9.47 Å². The van der Waals surface area contributed by atoms with Crippen LogP contribution < -0.4 is 9.47 Å². The first kappa shape index (κ1) is 20.1. The van der Waals surface area contributed by atoms with Crippen molar-refractivity contribution in [2.45, 2.75) is 26.9 Å². The summed E-state index contributed by atoms with van der Waals surface area (Å²) in [7, 11) is 0. The number of ether oxygens (including phenoxy) is 4. The van der Waals surface area contributed by atoms with Gasteiger partial charge in [0, 0.05) is 11.3 Å². The molecular weight excluding hydrogens is 392 g/mol. The maximum Gasteiger partial charge on any atom is 0.338 e. The molecule has 5 heteroatoms. The van der Waals surface area contributed by atoms with Gasteiger partial charge in [-0.15, -0.1) is 0 Å². The van der Waals surface area contributed by atoms with Gasteiger partial charge in [-0.25, -0.2) is 4.79 Å². The summed E-state index contributed by atoms with van der Waals surface area (Å²) in [6, 6.07) is 15.2. The van der Waals surface area contributed by atoms with Crippen molar-refractivity contribution >= 4 is 5.97 Å². The number of carbonyl (C=O) groups is 1. The minimum Gasteiger partial charge on any atom is -0.461 e.